The second-order valence-electron chi connectivity index (χ2n) is 3.17. The van der Waals surface area contributed by atoms with Crippen LogP contribution in [0.15, 0.2) is 22.7 Å². The molecular formula is C10H8F2N2O. The fraction of sp³-hybridized carbons (Fsp3) is 0.100. The number of hydrogen-bond donors (Lipinski definition) is 1. The van der Waals surface area contributed by atoms with Crippen LogP contribution in [-0.2, 0) is 0 Å². The Morgan fingerprint density at radius 1 is 1.33 bits per heavy atom. The molecule has 0 atom stereocenters. The third-order valence-corrected chi connectivity index (χ3v) is 2.07. The van der Waals surface area contributed by atoms with Crippen LogP contribution in [0.3, 0.4) is 0 Å². The lowest BCUT2D eigenvalue weighted by molar-refractivity contribution is 0.438. The third-order valence-electron chi connectivity index (χ3n) is 2.07. The fourth-order valence-electron chi connectivity index (χ4n) is 1.30. The number of benzene rings is 1. The van der Waals surface area contributed by atoms with Gasteiger partial charge in [-0.2, -0.15) is 0 Å². The Morgan fingerprint density at radius 3 is 2.67 bits per heavy atom. The van der Waals surface area contributed by atoms with E-state index in [1.807, 2.05) is 0 Å². The summed E-state index contributed by atoms with van der Waals surface area (Å²) in [6.07, 6.45) is 0. The first-order valence-corrected chi connectivity index (χ1v) is 4.26. The van der Waals surface area contributed by atoms with E-state index in [0.29, 0.717) is 5.56 Å². The van der Waals surface area contributed by atoms with Crippen LogP contribution in [0.5, 0.6) is 0 Å². The zero-order valence-corrected chi connectivity index (χ0v) is 7.92. The lowest BCUT2D eigenvalue weighted by Crippen LogP contribution is -1.93. The van der Waals surface area contributed by atoms with Gasteiger partial charge in [0.25, 0.3) is 0 Å². The summed E-state index contributed by atoms with van der Waals surface area (Å²) in [7, 11) is 0. The molecule has 0 fully saturated rings. The number of aromatic nitrogens is 1. The first kappa shape index (κ1) is 9.64. The van der Waals surface area contributed by atoms with Crippen LogP contribution < -0.4 is 5.73 Å². The molecule has 0 spiro atoms. The van der Waals surface area contributed by atoms with Crippen LogP contribution in [0.4, 0.5) is 14.7 Å². The highest BCUT2D eigenvalue weighted by Gasteiger charge is 2.16. The molecule has 0 saturated carbocycles. The highest BCUT2D eigenvalue weighted by atomic mass is 19.1. The van der Waals surface area contributed by atoms with Crippen molar-refractivity contribution >= 4 is 5.88 Å². The Morgan fingerprint density at radius 2 is 2.07 bits per heavy atom. The van der Waals surface area contributed by atoms with Crippen LogP contribution in [0.1, 0.15) is 5.56 Å². The van der Waals surface area contributed by atoms with Gasteiger partial charge in [-0.1, -0.05) is 11.2 Å². The first-order chi connectivity index (χ1) is 7.09. The van der Waals surface area contributed by atoms with E-state index >= 15 is 0 Å². The molecule has 2 aromatic rings. The molecule has 3 nitrogen and oxygen atoms in total. The van der Waals surface area contributed by atoms with E-state index in [-0.39, 0.29) is 17.1 Å². The fourth-order valence-corrected chi connectivity index (χ4v) is 1.30. The molecule has 0 unspecified atom stereocenters. The first-order valence-electron chi connectivity index (χ1n) is 4.26. The molecule has 78 valence electrons. The summed E-state index contributed by atoms with van der Waals surface area (Å²) >= 11 is 0. The maximum Gasteiger partial charge on any atom is 0.222 e. The number of nitrogens with zero attached hydrogens (tertiary/aromatic N) is 1. The van der Waals surface area contributed by atoms with E-state index in [1.165, 1.54) is 18.2 Å². The third kappa shape index (κ3) is 1.56. The zero-order chi connectivity index (χ0) is 11.0. The minimum absolute atomic E-state index is 0.0188. The molecule has 0 aliphatic rings. The molecular weight excluding hydrogens is 202 g/mol. The minimum atomic E-state index is -0.689. The van der Waals surface area contributed by atoms with Crippen LogP contribution >= 0.6 is 0 Å². The Labute approximate surface area is 84.5 Å². The Hall–Kier alpha value is -1.91. The summed E-state index contributed by atoms with van der Waals surface area (Å²) in [6, 6.07) is 3.82. The molecule has 0 aliphatic carbocycles. The highest BCUT2D eigenvalue weighted by Crippen LogP contribution is 2.27. The zero-order valence-electron chi connectivity index (χ0n) is 7.92. The van der Waals surface area contributed by atoms with Gasteiger partial charge in [0.1, 0.15) is 17.3 Å². The van der Waals surface area contributed by atoms with E-state index in [0.717, 1.165) is 0 Å². The lowest BCUT2D eigenvalue weighted by Gasteiger charge is -2.02. The standard InChI is InChI=1S/C10H8F2N2O/c1-5-2-3-6(11)9(10(5)12)7-4-8(13)15-14-7/h2-4H,13H2,1H3. The molecule has 1 aromatic heterocycles. The molecule has 0 aliphatic heterocycles. The van der Waals surface area contributed by atoms with Crippen molar-refractivity contribution in [2.75, 3.05) is 5.73 Å². The molecule has 2 N–H and O–H groups in total. The molecule has 0 amide bonds. The minimum Gasteiger partial charge on any atom is -0.368 e. The van der Waals surface area contributed by atoms with Crippen LogP contribution in [0.2, 0.25) is 0 Å². The van der Waals surface area contributed by atoms with Gasteiger partial charge in [0.2, 0.25) is 5.88 Å². The number of rotatable bonds is 1. The largest absolute Gasteiger partial charge is 0.368 e. The average molecular weight is 210 g/mol. The summed E-state index contributed by atoms with van der Waals surface area (Å²) in [5.41, 5.74) is 5.47. The van der Waals surface area contributed by atoms with Gasteiger partial charge in [0.15, 0.2) is 0 Å². The van der Waals surface area contributed by atoms with Gasteiger partial charge in [-0.3, -0.25) is 0 Å². The predicted molar refractivity (Wildman–Crippen MR) is 51.0 cm³/mol. The summed E-state index contributed by atoms with van der Waals surface area (Å²) in [5.74, 6) is -1.32. The number of aryl methyl sites for hydroxylation is 1. The molecule has 0 radical (unpaired) electrons. The van der Waals surface area contributed by atoms with Gasteiger partial charge >= 0.3 is 0 Å². The van der Waals surface area contributed by atoms with Crippen molar-refractivity contribution in [2.24, 2.45) is 0 Å². The molecule has 1 aromatic carbocycles. The van der Waals surface area contributed by atoms with Crippen molar-refractivity contribution in [3.05, 3.63) is 35.4 Å². The van der Waals surface area contributed by atoms with Crippen molar-refractivity contribution < 1.29 is 13.3 Å². The number of anilines is 1. The maximum absolute atomic E-state index is 13.6. The molecule has 2 rings (SSSR count). The van der Waals surface area contributed by atoms with Crippen molar-refractivity contribution in [1.29, 1.82) is 0 Å². The van der Waals surface area contributed by atoms with E-state index in [2.05, 4.69) is 9.68 Å². The lowest BCUT2D eigenvalue weighted by atomic mass is 10.1. The maximum atomic E-state index is 13.6. The summed E-state index contributed by atoms with van der Waals surface area (Å²) < 4.78 is 31.5. The molecule has 15 heavy (non-hydrogen) atoms. The van der Waals surface area contributed by atoms with Gasteiger partial charge in [-0.05, 0) is 18.6 Å². The molecule has 0 saturated heterocycles. The monoisotopic (exact) mass is 210 g/mol. The summed E-state index contributed by atoms with van der Waals surface area (Å²) in [5, 5.41) is 3.47. The van der Waals surface area contributed by atoms with Crippen LogP contribution in [-0.4, -0.2) is 5.16 Å². The Balaban J connectivity index is 2.66. The van der Waals surface area contributed by atoms with Gasteiger partial charge in [0, 0.05) is 6.07 Å². The SMILES string of the molecule is Cc1ccc(F)c(-c2cc(N)on2)c1F. The summed E-state index contributed by atoms with van der Waals surface area (Å²) in [6.45, 7) is 1.54. The van der Waals surface area contributed by atoms with E-state index in [9.17, 15) is 8.78 Å². The predicted octanol–water partition coefficient (Wildman–Crippen LogP) is 2.51. The van der Waals surface area contributed by atoms with Crippen molar-refractivity contribution in [3.8, 4) is 11.3 Å². The second kappa shape index (κ2) is 3.34. The second-order valence-corrected chi connectivity index (χ2v) is 3.17. The van der Waals surface area contributed by atoms with Crippen molar-refractivity contribution in [1.82, 2.24) is 5.16 Å². The van der Waals surface area contributed by atoms with Crippen molar-refractivity contribution in [2.45, 2.75) is 6.92 Å². The van der Waals surface area contributed by atoms with Gasteiger partial charge in [-0.15, -0.1) is 0 Å². The van der Waals surface area contributed by atoms with Gasteiger partial charge < -0.3 is 10.3 Å². The smallest absolute Gasteiger partial charge is 0.222 e. The van der Waals surface area contributed by atoms with E-state index in [1.54, 1.807) is 6.92 Å². The topological polar surface area (TPSA) is 52.0 Å². The number of hydrogen-bond acceptors (Lipinski definition) is 3. The number of nitrogen functional groups attached to an aromatic ring is 1. The van der Waals surface area contributed by atoms with Crippen molar-refractivity contribution in [3.63, 3.8) is 0 Å². The number of nitrogens with two attached hydrogens (primary N) is 1. The Bertz CT molecular complexity index is 508. The highest BCUT2D eigenvalue weighted by molar-refractivity contribution is 5.63. The quantitative estimate of drug-likeness (QED) is 0.786. The van der Waals surface area contributed by atoms with Crippen LogP contribution in [0.25, 0.3) is 11.3 Å². The molecule has 5 heteroatoms. The average Bonchev–Trinajstić information content (AvgIpc) is 2.59. The van der Waals surface area contributed by atoms with Gasteiger partial charge in [0.05, 0.1) is 5.56 Å². The normalized spacial score (nSPS) is 10.6. The molecule has 1 heterocycles. The van der Waals surface area contributed by atoms with E-state index in [4.69, 9.17) is 5.73 Å². The van der Waals surface area contributed by atoms with Crippen LogP contribution in [0, 0.1) is 18.6 Å². The van der Waals surface area contributed by atoms with Gasteiger partial charge in [-0.25, -0.2) is 8.78 Å². The molecule has 0 bridgehead atoms. The Kier molecular flexibility index (Phi) is 2.15. The summed E-state index contributed by atoms with van der Waals surface area (Å²) in [4.78, 5) is 0. The van der Waals surface area contributed by atoms with E-state index < -0.39 is 11.6 Å². The number of halogens is 2.